The molecule has 1 aromatic carbocycles. The van der Waals surface area contributed by atoms with E-state index >= 15 is 0 Å². The lowest BCUT2D eigenvalue weighted by Crippen LogP contribution is -2.47. The van der Waals surface area contributed by atoms with Crippen LogP contribution in [0.1, 0.15) is 30.9 Å². The monoisotopic (exact) mass is 278 g/mol. The van der Waals surface area contributed by atoms with Gasteiger partial charge in [-0.15, -0.1) is 0 Å². The van der Waals surface area contributed by atoms with Crippen molar-refractivity contribution in [2.45, 2.75) is 25.3 Å². The van der Waals surface area contributed by atoms with Crippen molar-refractivity contribution in [2.24, 2.45) is 5.92 Å². The van der Waals surface area contributed by atoms with Crippen molar-refractivity contribution in [3.05, 3.63) is 29.6 Å². The van der Waals surface area contributed by atoms with Crippen LogP contribution in [0.4, 0.5) is 4.39 Å². The first-order valence-electron chi connectivity index (χ1n) is 7.58. The predicted molar refractivity (Wildman–Crippen MR) is 77.5 cm³/mol. The van der Waals surface area contributed by atoms with Crippen molar-refractivity contribution >= 4 is 0 Å². The summed E-state index contributed by atoms with van der Waals surface area (Å²) in [5, 5.41) is 3.39. The third-order valence-electron chi connectivity index (χ3n) is 4.65. The predicted octanol–water partition coefficient (Wildman–Crippen LogP) is 2.58. The molecule has 1 atom stereocenters. The highest BCUT2D eigenvalue weighted by Gasteiger charge is 2.35. The molecule has 2 aliphatic rings. The Morgan fingerprint density at radius 3 is 2.65 bits per heavy atom. The molecule has 110 valence electrons. The van der Waals surface area contributed by atoms with E-state index in [1.807, 2.05) is 0 Å². The van der Waals surface area contributed by atoms with Crippen molar-refractivity contribution in [3.63, 3.8) is 0 Å². The van der Waals surface area contributed by atoms with Crippen molar-refractivity contribution in [3.8, 4) is 5.75 Å². The summed E-state index contributed by atoms with van der Waals surface area (Å²) in [5.41, 5.74) is 1.03. The van der Waals surface area contributed by atoms with Gasteiger partial charge in [-0.3, -0.25) is 4.90 Å². The SMILES string of the molecule is COc1ccc(F)cc1[C@@H](C1CCC1)N1CCNCC1. The van der Waals surface area contributed by atoms with Crippen molar-refractivity contribution in [1.29, 1.82) is 0 Å². The maximum atomic E-state index is 13.7. The van der Waals surface area contributed by atoms with E-state index < -0.39 is 0 Å². The quantitative estimate of drug-likeness (QED) is 0.916. The van der Waals surface area contributed by atoms with Gasteiger partial charge in [0, 0.05) is 37.8 Å². The molecule has 1 heterocycles. The van der Waals surface area contributed by atoms with E-state index in [1.54, 1.807) is 19.2 Å². The number of rotatable bonds is 4. The van der Waals surface area contributed by atoms with Gasteiger partial charge in [-0.05, 0) is 37.0 Å². The van der Waals surface area contributed by atoms with Gasteiger partial charge in [-0.25, -0.2) is 4.39 Å². The van der Waals surface area contributed by atoms with E-state index in [0.29, 0.717) is 12.0 Å². The number of ether oxygens (including phenoxy) is 1. The van der Waals surface area contributed by atoms with Gasteiger partial charge in [0.15, 0.2) is 0 Å². The normalized spacial score (nSPS) is 22.3. The minimum Gasteiger partial charge on any atom is -0.496 e. The van der Waals surface area contributed by atoms with Crippen LogP contribution in [0.5, 0.6) is 5.75 Å². The van der Waals surface area contributed by atoms with Gasteiger partial charge < -0.3 is 10.1 Å². The van der Waals surface area contributed by atoms with E-state index in [0.717, 1.165) is 37.5 Å². The first-order chi connectivity index (χ1) is 9.79. The average Bonchev–Trinajstić information content (AvgIpc) is 2.43. The standard InChI is InChI=1S/C16H23FN2O/c1-20-15-6-5-13(17)11-14(15)16(12-3-2-4-12)19-9-7-18-8-10-19/h5-6,11-12,16,18H,2-4,7-10H2,1H3/t16-/m1/s1. The third-order valence-corrected chi connectivity index (χ3v) is 4.65. The Labute approximate surface area is 120 Å². The summed E-state index contributed by atoms with van der Waals surface area (Å²) in [6.07, 6.45) is 3.79. The van der Waals surface area contributed by atoms with E-state index in [2.05, 4.69) is 10.2 Å². The fraction of sp³-hybridized carbons (Fsp3) is 0.625. The summed E-state index contributed by atoms with van der Waals surface area (Å²) in [6.45, 7) is 4.09. The van der Waals surface area contributed by atoms with Crippen LogP contribution < -0.4 is 10.1 Å². The van der Waals surface area contributed by atoms with Crippen LogP contribution in [0, 0.1) is 11.7 Å². The van der Waals surface area contributed by atoms with Crippen LogP contribution in [0.3, 0.4) is 0 Å². The lowest BCUT2D eigenvalue weighted by Gasteiger charge is -2.43. The molecule has 1 aliphatic carbocycles. The fourth-order valence-corrected chi connectivity index (χ4v) is 3.40. The van der Waals surface area contributed by atoms with Crippen molar-refractivity contribution < 1.29 is 9.13 Å². The van der Waals surface area contributed by atoms with Crippen LogP contribution >= 0.6 is 0 Å². The van der Waals surface area contributed by atoms with Gasteiger partial charge in [-0.1, -0.05) is 6.42 Å². The van der Waals surface area contributed by atoms with Crippen molar-refractivity contribution in [2.75, 3.05) is 33.3 Å². The van der Waals surface area contributed by atoms with E-state index in [1.165, 1.54) is 25.3 Å². The zero-order valence-electron chi connectivity index (χ0n) is 12.1. The van der Waals surface area contributed by atoms with Gasteiger partial charge in [0.25, 0.3) is 0 Å². The number of benzene rings is 1. The smallest absolute Gasteiger partial charge is 0.123 e. The van der Waals surface area contributed by atoms with Gasteiger partial charge in [0.1, 0.15) is 11.6 Å². The number of hydrogen-bond donors (Lipinski definition) is 1. The molecule has 20 heavy (non-hydrogen) atoms. The van der Waals surface area contributed by atoms with Gasteiger partial charge in [-0.2, -0.15) is 0 Å². The number of halogens is 1. The van der Waals surface area contributed by atoms with Gasteiger partial charge >= 0.3 is 0 Å². The molecule has 3 nitrogen and oxygen atoms in total. The lowest BCUT2D eigenvalue weighted by molar-refractivity contribution is 0.0816. The fourth-order valence-electron chi connectivity index (χ4n) is 3.40. The molecule has 1 saturated carbocycles. The Morgan fingerprint density at radius 1 is 1.30 bits per heavy atom. The maximum Gasteiger partial charge on any atom is 0.123 e. The highest BCUT2D eigenvalue weighted by molar-refractivity contribution is 5.37. The van der Waals surface area contributed by atoms with E-state index in [4.69, 9.17) is 4.74 Å². The molecule has 1 aromatic rings. The Kier molecular flexibility index (Phi) is 4.22. The summed E-state index contributed by atoms with van der Waals surface area (Å²) in [5.74, 6) is 1.30. The molecule has 0 bridgehead atoms. The van der Waals surface area contributed by atoms with E-state index in [9.17, 15) is 4.39 Å². The summed E-state index contributed by atoms with van der Waals surface area (Å²) in [4.78, 5) is 2.50. The Bertz CT molecular complexity index is 456. The Hall–Kier alpha value is -1.13. The van der Waals surface area contributed by atoms with Gasteiger partial charge in [0.05, 0.1) is 7.11 Å². The number of methoxy groups -OCH3 is 1. The van der Waals surface area contributed by atoms with Crippen LogP contribution in [0.2, 0.25) is 0 Å². The second-order valence-electron chi connectivity index (χ2n) is 5.81. The Balaban J connectivity index is 1.93. The molecular weight excluding hydrogens is 255 g/mol. The topological polar surface area (TPSA) is 24.5 Å². The minimum absolute atomic E-state index is 0.166. The molecule has 1 aliphatic heterocycles. The average molecular weight is 278 g/mol. The molecule has 0 amide bonds. The van der Waals surface area contributed by atoms with Crippen LogP contribution in [0.25, 0.3) is 0 Å². The lowest BCUT2D eigenvalue weighted by atomic mass is 9.76. The largest absolute Gasteiger partial charge is 0.496 e. The van der Waals surface area contributed by atoms with Crippen molar-refractivity contribution in [1.82, 2.24) is 10.2 Å². The molecule has 0 spiro atoms. The maximum absolute atomic E-state index is 13.7. The second kappa shape index (κ2) is 6.10. The second-order valence-corrected chi connectivity index (χ2v) is 5.81. The minimum atomic E-state index is -0.166. The Morgan fingerprint density at radius 2 is 2.05 bits per heavy atom. The molecular formula is C16H23FN2O. The molecule has 2 fully saturated rings. The van der Waals surface area contributed by atoms with Crippen LogP contribution in [-0.4, -0.2) is 38.2 Å². The zero-order valence-corrected chi connectivity index (χ0v) is 12.1. The number of nitrogens with one attached hydrogen (secondary N) is 1. The highest BCUT2D eigenvalue weighted by Crippen LogP contribution is 2.44. The molecule has 3 rings (SSSR count). The molecule has 0 unspecified atom stereocenters. The van der Waals surface area contributed by atoms with Gasteiger partial charge in [0.2, 0.25) is 0 Å². The first-order valence-corrected chi connectivity index (χ1v) is 7.58. The van der Waals surface area contributed by atoms with Crippen LogP contribution in [-0.2, 0) is 0 Å². The summed E-state index contributed by atoms with van der Waals surface area (Å²) in [7, 11) is 1.67. The summed E-state index contributed by atoms with van der Waals surface area (Å²) >= 11 is 0. The highest BCUT2D eigenvalue weighted by atomic mass is 19.1. The molecule has 0 aromatic heterocycles. The molecule has 1 saturated heterocycles. The number of nitrogens with zero attached hydrogens (tertiary/aromatic N) is 1. The number of piperazine rings is 1. The zero-order chi connectivity index (χ0) is 13.9. The first kappa shape index (κ1) is 13.8. The van der Waals surface area contributed by atoms with E-state index in [-0.39, 0.29) is 5.82 Å². The number of hydrogen-bond acceptors (Lipinski definition) is 3. The molecule has 0 radical (unpaired) electrons. The molecule has 1 N–H and O–H groups in total. The third kappa shape index (κ3) is 2.67. The summed E-state index contributed by atoms with van der Waals surface area (Å²) in [6, 6.07) is 5.22. The van der Waals surface area contributed by atoms with Crippen LogP contribution in [0.15, 0.2) is 18.2 Å². The molecule has 4 heteroatoms. The summed E-state index contributed by atoms with van der Waals surface area (Å²) < 4.78 is 19.2.